The molecule has 1 aliphatic carbocycles. The van der Waals surface area contributed by atoms with Crippen LogP contribution in [-0.2, 0) is 20.9 Å². The van der Waals surface area contributed by atoms with Crippen LogP contribution < -0.4 is 5.32 Å². The van der Waals surface area contributed by atoms with Crippen LogP contribution in [0.25, 0.3) is 0 Å². The summed E-state index contributed by atoms with van der Waals surface area (Å²) in [5, 5.41) is 6.87. The van der Waals surface area contributed by atoms with E-state index in [1.54, 1.807) is 12.4 Å². The van der Waals surface area contributed by atoms with Gasteiger partial charge in [0.05, 0.1) is 19.0 Å². The summed E-state index contributed by atoms with van der Waals surface area (Å²) in [6.07, 6.45) is 7.23. The fourth-order valence-electron chi connectivity index (χ4n) is 2.38. The van der Waals surface area contributed by atoms with Crippen LogP contribution in [0.15, 0.2) is 12.4 Å². The van der Waals surface area contributed by atoms with Crippen LogP contribution in [0.3, 0.4) is 0 Å². The van der Waals surface area contributed by atoms with Gasteiger partial charge in [-0.3, -0.25) is 14.3 Å². The molecular weight excluding hydrogens is 246 g/mol. The van der Waals surface area contributed by atoms with Gasteiger partial charge in [0.1, 0.15) is 6.54 Å². The summed E-state index contributed by atoms with van der Waals surface area (Å²) in [7, 11) is 1.33. The van der Waals surface area contributed by atoms with Crippen molar-refractivity contribution in [2.45, 2.75) is 39.2 Å². The third-order valence-electron chi connectivity index (χ3n) is 3.67. The van der Waals surface area contributed by atoms with Gasteiger partial charge in [-0.1, -0.05) is 19.8 Å². The van der Waals surface area contributed by atoms with Gasteiger partial charge in [0.15, 0.2) is 0 Å². The lowest BCUT2D eigenvalue weighted by Gasteiger charge is -2.21. The summed E-state index contributed by atoms with van der Waals surface area (Å²) in [6, 6.07) is 0. The van der Waals surface area contributed by atoms with Crippen molar-refractivity contribution in [2.24, 2.45) is 5.41 Å². The average Bonchev–Trinajstić information content (AvgIpc) is 2.99. The lowest BCUT2D eigenvalue weighted by molar-refractivity contribution is -0.141. The van der Waals surface area contributed by atoms with E-state index in [1.165, 1.54) is 11.8 Å². The van der Waals surface area contributed by atoms with E-state index in [0.29, 0.717) is 5.69 Å². The zero-order valence-corrected chi connectivity index (χ0v) is 11.3. The third kappa shape index (κ3) is 3.13. The summed E-state index contributed by atoms with van der Waals surface area (Å²) < 4.78 is 6.00. The molecule has 1 aromatic rings. The highest BCUT2D eigenvalue weighted by Crippen LogP contribution is 2.38. The minimum atomic E-state index is -0.372. The molecule has 0 unspecified atom stereocenters. The maximum atomic E-state index is 12.2. The Labute approximate surface area is 112 Å². The number of nitrogens with one attached hydrogen (secondary N) is 1. The van der Waals surface area contributed by atoms with Gasteiger partial charge in [-0.05, 0) is 12.8 Å². The van der Waals surface area contributed by atoms with Crippen molar-refractivity contribution in [1.29, 1.82) is 0 Å². The first-order chi connectivity index (χ1) is 9.03. The molecule has 6 nitrogen and oxygen atoms in total. The van der Waals surface area contributed by atoms with Gasteiger partial charge < -0.3 is 10.1 Å². The fourth-order valence-corrected chi connectivity index (χ4v) is 2.38. The molecule has 1 aromatic heterocycles. The molecule has 1 fully saturated rings. The monoisotopic (exact) mass is 265 g/mol. The van der Waals surface area contributed by atoms with E-state index in [4.69, 9.17) is 0 Å². The highest BCUT2D eigenvalue weighted by Gasteiger charge is 2.36. The Kier molecular flexibility index (Phi) is 3.87. The highest BCUT2D eigenvalue weighted by molar-refractivity contribution is 5.95. The Morgan fingerprint density at radius 3 is 2.79 bits per heavy atom. The quantitative estimate of drug-likeness (QED) is 0.839. The first kappa shape index (κ1) is 13.6. The highest BCUT2D eigenvalue weighted by atomic mass is 16.5. The minimum absolute atomic E-state index is 0.0302. The molecule has 0 atom stereocenters. The number of rotatable bonds is 4. The van der Waals surface area contributed by atoms with E-state index < -0.39 is 0 Å². The molecule has 104 valence electrons. The molecule has 0 radical (unpaired) electrons. The van der Waals surface area contributed by atoms with E-state index in [9.17, 15) is 9.59 Å². The molecule has 19 heavy (non-hydrogen) atoms. The molecule has 0 saturated heterocycles. The van der Waals surface area contributed by atoms with Crippen molar-refractivity contribution >= 4 is 17.6 Å². The minimum Gasteiger partial charge on any atom is -0.468 e. The zero-order chi connectivity index (χ0) is 13.9. The normalized spacial score (nSPS) is 17.2. The van der Waals surface area contributed by atoms with Crippen LogP contribution >= 0.6 is 0 Å². The predicted octanol–water partition coefficient (Wildman–Crippen LogP) is 1.57. The molecular formula is C13H19N3O3. The van der Waals surface area contributed by atoms with Crippen LogP contribution in [-0.4, -0.2) is 28.8 Å². The number of hydrogen-bond donors (Lipinski definition) is 1. The van der Waals surface area contributed by atoms with Crippen molar-refractivity contribution in [3.05, 3.63) is 12.4 Å². The Balaban J connectivity index is 1.96. The number of ether oxygens (including phenoxy) is 1. The molecule has 0 aliphatic heterocycles. The third-order valence-corrected chi connectivity index (χ3v) is 3.67. The predicted molar refractivity (Wildman–Crippen MR) is 69.4 cm³/mol. The second-order valence-electron chi connectivity index (χ2n) is 5.22. The number of amides is 1. The number of carbonyl (C=O) groups excluding carboxylic acids is 2. The Hall–Kier alpha value is -1.85. The van der Waals surface area contributed by atoms with Gasteiger partial charge in [-0.2, -0.15) is 5.10 Å². The van der Waals surface area contributed by atoms with Crippen molar-refractivity contribution < 1.29 is 14.3 Å². The van der Waals surface area contributed by atoms with Crippen LogP contribution in [0.2, 0.25) is 0 Å². The first-order valence-electron chi connectivity index (χ1n) is 6.44. The zero-order valence-electron chi connectivity index (χ0n) is 11.3. The van der Waals surface area contributed by atoms with E-state index in [0.717, 1.165) is 25.7 Å². The molecule has 1 heterocycles. The second-order valence-corrected chi connectivity index (χ2v) is 5.22. The first-order valence-corrected chi connectivity index (χ1v) is 6.44. The van der Waals surface area contributed by atoms with Gasteiger partial charge in [0, 0.05) is 11.6 Å². The molecule has 2 rings (SSSR count). The molecule has 6 heteroatoms. The summed E-state index contributed by atoms with van der Waals surface area (Å²) >= 11 is 0. The largest absolute Gasteiger partial charge is 0.468 e. The van der Waals surface area contributed by atoms with Crippen LogP contribution in [0, 0.1) is 5.41 Å². The molecule has 1 saturated carbocycles. The summed E-state index contributed by atoms with van der Waals surface area (Å²) in [4.78, 5) is 23.3. The van der Waals surface area contributed by atoms with Gasteiger partial charge in [-0.25, -0.2) is 0 Å². The van der Waals surface area contributed by atoms with E-state index in [2.05, 4.69) is 15.2 Å². The van der Waals surface area contributed by atoms with Crippen molar-refractivity contribution in [1.82, 2.24) is 9.78 Å². The Bertz CT molecular complexity index is 475. The van der Waals surface area contributed by atoms with Crippen molar-refractivity contribution in [3.8, 4) is 0 Å². The SMILES string of the molecule is COC(=O)Cn1cc(NC(=O)C2(C)CCCC2)cn1. The topological polar surface area (TPSA) is 73.2 Å². The smallest absolute Gasteiger partial charge is 0.327 e. The van der Waals surface area contributed by atoms with Gasteiger partial charge in [0.2, 0.25) is 5.91 Å². The number of aromatic nitrogens is 2. The summed E-state index contributed by atoms with van der Waals surface area (Å²) in [6.45, 7) is 2.04. The van der Waals surface area contributed by atoms with E-state index in [1.807, 2.05) is 6.92 Å². The number of anilines is 1. The number of carbonyl (C=O) groups is 2. The fraction of sp³-hybridized carbons (Fsp3) is 0.615. The number of methoxy groups -OCH3 is 1. The average molecular weight is 265 g/mol. The Morgan fingerprint density at radius 2 is 2.16 bits per heavy atom. The molecule has 1 aliphatic rings. The van der Waals surface area contributed by atoms with Crippen molar-refractivity contribution in [2.75, 3.05) is 12.4 Å². The second kappa shape index (κ2) is 5.42. The lowest BCUT2D eigenvalue weighted by Crippen LogP contribution is -2.30. The van der Waals surface area contributed by atoms with Crippen molar-refractivity contribution in [3.63, 3.8) is 0 Å². The van der Waals surface area contributed by atoms with Gasteiger partial charge in [0.25, 0.3) is 0 Å². The van der Waals surface area contributed by atoms with Crippen LogP contribution in [0.1, 0.15) is 32.6 Å². The van der Waals surface area contributed by atoms with Crippen LogP contribution in [0.5, 0.6) is 0 Å². The van der Waals surface area contributed by atoms with E-state index in [-0.39, 0.29) is 23.8 Å². The molecule has 0 spiro atoms. The molecule has 1 N–H and O–H groups in total. The van der Waals surface area contributed by atoms with Gasteiger partial charge >= 0.3 is 5.97 Å². The Morgan fingerprint density at radius 1 is 1.47 bits per heavy atom. The summed E-state index contributed by atoms with van der Waals surface area (Å²) in [5.74, 6) is -0.341. The molecule has 0 aromatic carbocycles. The number of hydrogen-bond acceptors (Lipinski definition) is 4. The number of nitrogens with zero attached hydrogens (tertiary/aromatic N) is 2. The standard InChI is InChI=1S/C13H19N3O3/c1-13(5-3-4-6-13)12(18)15-10-7-14-16(8-10)9-11(17)19-2/h7-8H,3-6,9H2,1-2H3,(H,15,18). The lowest BCUT2D eigenvalue weighted by atomic mass is 9.88. The van der Waals surface area contributed by atoms with Gasteiger partial charge in [-0.15, -0.1) is 0 Å². The summed E-state index contributed by atoms with van der Waals surface area (Å²) in [5.41, 5.74) is 0.340. The molecule has 1 amide bonds. The van der Waals surface area contributed by atoms with Crippen LogP contribution in [0.4, 0.5) is 5.69 Å². The van der Waals surface area contributed by atoms with E-state index >= 15 is 0 Å². The maximum Gasteiger partial charge on any atom is 0.327 e. The maximum absolute atomic E-state index is 12.2. The molecule has 0 bridgehead atoms. The number of esters is 1.